The molecule has 0 saturated carbocycles. The van der Waals surface area contributed by atoms with Crippen LogP contribution in [-0.2, 0) is 24.3 Å². The first-order valence-electron chi connectivity index (χ1n) is 6.81. The van der Waals surface area contributed by atoms with E-state index >= 15 is 0 Å². The van der Waals surface area contributed by atoms with Gasteiger partial charge in [-0.15, -0.1) is 0 Å². The number of rotatable bonds is 7. The van der Waals surface area contributed by atoms with E-state index in [0.29, 0.717) is 0 Å². The molecule has 0 unspecified atom stereocenters. The van der Waals surface area contributed by atoms with Crippen LogP contribution in [0.2, 0.25) is 0 Å². The summed E-state index contributed by atoms with van der Waals surface area (Å²) in [5, 5.41) is 12.1. The van der Waals surface area contributed by atoms with Crippen molar-refractivity contribution in [2.24, 2.45) is 0 Å². The van der Waals surface area contributed by atoms with Crippen LogP contribution in [0.1, 0.15) is 16.7 Å². The van der Waals surface area contributed by atoms with E-state index in [2.05, 4.69) is 5.32 Å². The summed E-state index contributed by atoms with van der Waals surface area (Å²) in [5.41, 5.74) is 3.05. The Bertz CT molecular complexity index is 593. The lowest BCUT2D eigenvalue weighted by Crippen LogP contribution is -2.13. The van der Waals surface area contributed by atoms with Gasteiger partial charge in [-0.3, -0.25) is 4.79 Å². The topological polar surface area (TPSA) is 58.6 Å². The third-order valence-electron chi connectivity index (χ3n) is 3.22. The molecular formula is C17H19NO3. The number of carboxylic acid groups (broad SMARTS) is 1. The lowest BCUT2D eigenvalue weighted by Gasteiger charge is -2.09. The number of hydrogen-bond donors (Lipinski definition) is 2. The van der Waals surface area contributed by atoms with Gasteiger partial charge in [0, 0.05) is 18.7 Å². The third kappa shape index (κ3) is 4.61. The van der Waals surface area contributed by atoms with Gasteiger partial charge in [0.2, 0.25) is 0 Å². The summed E-state index contributed by atoms with van der Waals surface area (Å²) >= 11 is 0. The van der Waals surface area contributed by atoms with Crippen LogP contribution in [0.3, 0.4) is 0 Å². The normalized spacial score (nSPS) is 10.3. The van der Waals surface area contributed by atoms with Crippen molar-refractivity contribution in [3.05, 3.63) is 65.2 Å². The van der Waals surface area contributed by atoms with Crippen LogP contribution in [0.5, 0.6) is 5.75 Å². The van der Waals surface area contributed by atoms with E-state index in [9.17, 15) is 4.79 Å². The average Bonchev–Trinajstić information content (AvgIpc) is 2.49. The minimum absolute atomic E-state index is 0.0644. The van der Waals surface area contributed by atoms with Crippen molar-refractivity contribution in [3.63, 3.8) is 0 Å². The van der Waals surface area contributed by atoms with Crippen LogP contribution < -0.4 is 10.1 Å². The van der Waals surface area contributed by atoms with Crippen LogP contribution in [-0.4, -0.2) is 18.2 Å². The van der Waals surface area contributed by atoms with Crippen LogP contribution in [0.25, 0.3) is 0 Å². The standard InChI is InChI=1S/C17H19NO3/c1-21-16-5-3-2-4-15(16)12-18-11-14-8-6-13(7-9-14)10-17(19)20/h2-9,18H,10-12H2,1H3,(H,19,20). The summed E-state index contributed by atoms with van der Waals surface area (Å²) < 4.78 is 5.31. The van der Waals surface area contributed by atoms with E-state index in [1.54, 1.807) is 7.11 Å². The molecule has 4 nitrogen and oxygen atoms in total. The number of nitrogens with one attached hydrogen (secondary N) is 1. The highest BCUT2D eigenvalue weighted by molar-refractivity contribution is 5.70. The van der Waals surface area contributed by atoms with Gasteiger partial charge in [0.05, 0.1) is 13.5 Å². The van der Waals surface area contributed by atoms with Crippen molar-refractivity contribution in [3.8, 4) is 5.75 Å². The van der Waals surface area contributed by atoms with E-state index in [4.69, 9.17) is 9.84 Å². The molecule has 2 aromatic rings. The van der Waals surface area contributed by atoms with E-state index in [1.165, 1.54) is 0 Å². The van der Waals surface area contributed by atoms with E-state index in [1.807, 2.05) is 48.5 Å². The molecule has 2 rings (SSSR count). The van der Waals surface area contributed by atoms with Gasteiger partial charge in [-0.05, 0) is 17.2 Å². The van der Waals surface area contributed by atoms with Crippen molar-refractivity contribution in [1.82, 2.24) is 5.32 Å². The largest absolute Gasteiger partial charge is 0.496 e. The fourth-order valence-corrected chi connectivity index (χ4v) is 2.14. The molecule has 0 aliphatic carbocycles. The molecule has 0 fully saturated rings. The number of carbonyl (C=O) groups is 1. The molecule has 0 saturated heterocycles. The van der Waals surface area contributed by atoms with E-state index in [-0.39, 0.29) is 6.42 Å². The molecule has 110 valence electrons. The molecule has 0 aliphatic heterocycles. The zero-order valence-corrected chi connectivity index (χ0v) is 12.0. The Balaban J connectivity index is 1.87. The number of aliphatic carboxylic acids is 1. The predicted octanol–water partition coefficient (Wildman–Crippen LogP) is 2.61. The SMILES string of the molecule is COc1ccccc1CNCc1ccc(CC(=O)O)cc1. The van der Waals surface area contributed by atoms with Gasteiger partial charge >= 0.3 is 5.97 Å². The number of benzene rings is 2. The maximum Gasteiger partial charge on any atom is 0.307 e. The van der Waals surface area contributed by atoms with Gasteiger partial charge in [-0.25, -0.2) is 0 Å². The highest BCUT2D eigenvalue weighted by Gasteiger charge is 2.02. The zero-order valence-electron chi connectivity index (χ0n) is 12.0. The molecule has 0 radical (unpaired) electrons. The smallest absolute Gasteiger partial charge is 0.307 e. The Morgan fingerprint density at radius 3 is 2.38 bits per heavy atom. The number of carboxylic acids is 1. The molecule has 2 N–H and O–H groups in total. The molecule has 0 amide bonds. The Hall–Kier alpha value is -2.33. The highest BCUT2D eigenvalue weighted by atomic mass is 16.5. The Morgan fingerprint density at radius 1 is 1.05 bits per heavy atom. The second-order valence-corrected chi connectivity index (χ2v) is 4.80. The predicted molar refractivity (Wildman–Crippen MR) is 81.3 cm³/mol. The Kier molecular flexibility index (Phi) is 5.35. The van der Waals surface area contributed by atoms with Crippen LogP contribution >= 0.6 is 0 Å². The Morgan fingerprint density at radius 2 is 1.71 bits per heavy atom. The summed E-state index contributed by atoms with van der Waals surface area (Å²) in [4.78, 5) is 10.6. The quantitative estimate of drug-likeness (QED) is 0.821. The minimum atomic E-state index is -0.808. The van der Waals surface area contributed by atoms with Gasteiger partial charge in [0.25, 0.3) is 0 Å². The summed E-state index contributed by atoms with van der Waals surface area (Å²) in [5.74, 6) is 0.0684. The number of para-hydroxylation sites is 1. The molecule has 0 atom stereocenters. The summed E-state index contributed by atoms with van der Waals surface area (Å²) in [7, 11) is 1.67. The monoisotopic (exact) mass is 285 g/mol. The summed E-state index contributed by atoms with van der Waals surface area (Å²) in [6, 6.07) is 15.5. The fraction of sp³-hybridized carbons (Fsp3) is 0.235. The molecule has 0 bridgehead atoms. The highest BCUT2D eigenvalue weighted by Crippen LogP contribution is 2.16. The van der Waals surface area contributed by atoms with Gasteiger partial charge in [-0.1, -0.05) is 42.5 Å². The van der Waals surface area contributed by atoms with Crippen molar-refractivity contribution >= 4 is 5.97 Å². The van der Waals surface area contributed by atoms with Crippen molar-refractivity contribution in [2.45, 2.75) is 19.5 Å². The molecule has 0 aliphatic rings. The van der Waals surface area contributed by atoms with Crippen LogP contribution in [0.4, 0.5) is 0 Å². The molecule has 0 spiro atoms. The maximum atomic E-state index is 10.6. The Labute approximate surface area is 124 Å². The third-order valence-corrected chi connectivity index (χ3v) is 3.22. The lowest BCUT2D eigenvalue weighted by atomic mass is 10.1. The van der Waals surface area contributed by atoms with E-state index in [0.717, 1.165) is 35.5 Å². The molecule has 4 heteroatoms. The van der Waals surface area contributed by atoms with Gasteiger partial charge in [0.1, 0.15) is 5.75 Å². The van der Waals surface area contributed by atoms with Crippen molar-refractivity contribution < 1.29 is 14.6 Å². The van der Waals surface area contributed by atoms with E-state index < -0.39 is 5.97 Å². The second-order valence-electron chi connectivity index (χ2n) is 4.80. The first-order valence-corrected chi connectivity index (χ1v) is 6.81. The van der Waals surface area contributed by atoms with Crippen molar-refractivity contribution in [2.75, 3.05) is 7.11 Å². The van der Waals surface area contributed by atoms with Gasteiger partial charge < -0.3 is 15.2 Å². The first-order chi connectivity index (χ1) is 10.2. The number of hydrogen-bond acceptors (Lipinski definition) is 3. The van der Waals surface area contributed by atoms with Gasteiger partial charge in [0.15, 0.2) is 0 Å². The molecular weight excluding hydrogens is 266 g/mol. The average molecular weight is 285 g/mol. The molecule has 0 aromatic heterocycles. The minimum Gasteiger partial charge on any atom is -0.496 e. The number of methoxy groups -OCH3 is 1. The summed E-state index contributed by atoms with van der Waals surface area (Å²) in [6.45, 7) is 1.45. The van der Waals surface area contributed by atoms with Gasteiger partial charge in [-0.2, -0.15) is 0 Å². The first kappa shape index (κ1) is 15.1. The van der Waals surface area contributed by atoms with Crippen molar-refractivity contribution in [1.29, 1.82) is 0 Å². The fourth-order valence-electron chi connectivity index (χ4n) is 2.14. The molecule has 0 heterocycles. The zero-order chi connectivity index (χ0) is 15.1. The molecule has 2 aromatic carbocycles. The lowest BCUT2D eigenvalue weighted by molar-refractivity contribution is -0.136. The number of ether oxygens (including phenoxy) is 1. The van der Waals surface area contributed by atoms with Crippen LogP contribution in [0.15, 0.2) is 48.5 Å². The maximum absolute atomic E-state index is 10.6. The summed E-state index contributed by atoms with van der Waals surface area (Å²) in [6.07, 6.45) is 0.0644. The second kappa shape index (κ2) is 7.45. The molecule has 21 heavy (non-hydrogen) atoms. The van der Waals surface area contributed by atoms with Crippen LogP contribution in [0, 0.1) is 0 Å².